The summed E-state index contributed by atoms with van der Waals surface area (Å²) in [7, 11) is 0. The third kappa shape index (κ3) is 1.21. The Labute approximate surface area is 70.8 Å². The van der Waals surface area contributed by atoms with Crippen molar-refractivity contribution < 1.29 is 0 Å². The molecule has 1 rings (SSSR count). The van der Waals surface area contributed by atoms with Gasteiger partial charge in [-0.15, -0.1) is 0 Å². The van der Waals surface area contributed by atoms with E-state index < -0.39 is 0 Å². The molecule has 0 aromatic heterocycles. The van der Waals surface area contributed by atoms with Gasteiger partial charge in [-0.3, -0.25) is 0 Å². The molecule has 48 valence electrons. The van der Waals surface area contributed by atoms with E-state index in [4.69, 9.17) is 5.73 Å². The number of hydrogen-bond donors (Lipinski definition) is 1. The Morgan fingerprint density at radius 2 is 1.90 bits per heavy atom. The molecule has 2 heteroatoms. The predicted molar refractivity (Wildman–Crippen MR) is 45.7 cm³/mol. The molecule has 0 aliphatic heterocycles. The molecule has 0 fully saturated rings. The molecule has 1 nitrogen and oxygen atoms in total. The maximum absolute atomic E-state index is 5.69. The molecule has 0 amide bonds. The van der Waals surface area contributed by atoms with Gasteiger partial charge in [0.2, 0.25) is 0 Å². The van der Waals surface area contributed by atoms with Gasteiger partial charge in [0, 0.05) is 0 Å². The summed E-state index contributed by atoms with van der Waals surface area (Å²) in [6, 6.07) is 4.01. The number of anilines is 1. The summed E-state index contributed by atoms with van der Waals surface area (Å²) in [6.07, 6.45) is 0. The number of hydrogen-bond acceptors (Lipinski definition) is 1. The number of nitrogen functional groups attached to an aromatic ring is 1. The van der Waals surface area contributed by atoms with Crippen molar-refractivity contribution in [3.05, 3.63) is 23.3 Å². The van der Waals surface area contributed by atoms with Crippen LogP contribution in [0.15, 0.2) is 12.1 Å². The number of benzene rings is 1. The van der Waals surface area contributed by atoms with Gasteiger partial charge in [0.25, 0.3) is 0 Å². The summed E-state index contributed by atoms with van der Waals surface area (Å²) >= 11 is 2.05. The molecule has 0 atom stereocenters. The standard InChI is InChI=1S/C8H10N.Li/c1-6-3-4-8(9)5-7(6)2;/h3-4H,9H2,1-2H3;. The SMILES string of the molecule is [Li][c]1c(N)ccc(C)c1C. The van der Waals surface area contributed by atoms with Crippen LogP contribution in [0.1, 0.15) is 11.1 Å². The molecule has 0 heterocycles. The van der Waals surface area contributed by atoms with Crippen LogP contribution in [0.25, 0.3) is 0 Å². The monoisotopic (exact) mass is 127 g/mol. The molecule has 0 saturated heterocycles. The van der Waals surface area contributed by atoms with Crippen LogP contribution in [0.4, 0.5) is 5.69 Å². The van der Waals surface area contributed by atoms with Crippen molar-refractivity contribution in [2.45, 2.75) is 13.8 Å². The van der Waals surface area contributed by atoms with E-state index in [9.17, 15) is 0 Å². The fourth-order valence-corrected chi connectivity index (χ4v) is 0.977. The molecule has 1 aromatic rings. The first-order valence-electron chi connectivity index (χ1n) is 3.45. The van der Waals surface area contributed by atoms with Gasteiger partial charge in [-0.25, -0.2) is 0 Å². The topological polar surface area (TPSA) is 26.0 Å². The normalized spacial score (nSPS) is 10.0. The van der Waals surface area contributed by atoms with Gasteiger partial charge in [-0.2, -0.15) is 0 Å². The van der Waals surface area contributed by atoms with Crippen molar-refractivity contribution in [2.75, 3.05) is 5.73 Å². The first-order chi connectivity index (χ1) is 4.63. The second kappa shape index (κ2) is 2.70. The molecule has 0 radical (unpaired) electrons. The molecule has 2 N–H and O–H groups in total. The van der Waals surface area contributed by atoms with E-state index in [-0.39, 0.29) is 0 Å². The molecule has 1 aromatic carbocycles. The van der Waals surface area contributed by atoms with Crippen molar-refractivity contribution in [2.24, 2.45) is 0 Å². The predicted octanol–water partition coefficient (Wildman–Crippen LogP) is 0.679. The van der Waals surface area contributed by atoms with Crippen molar-refractivity contribution in [3.8, 4) is 0 Å². The zero-order chi connectivity index (χ0) is 7.72. The van der Waals surface area contributed by atoms with Crippen LogP contribution in [0, 0.1) is 13.8 Å². The molecule has 0 aliphatic carbocycles. The summed E-state index contributed by atoms with van der Waals surface area (Å²) in [6.45, 7) is 4.20. The molecular formula is C8H10LiN. The average molecular weight is 127 g/mol. The molecule has 0 aliphatic rings. The fourth-order valence-electron chi connectivity index (χ4n) is 0.977. The second-order valence-corrected chi connectivity index (χ2v) is 2.72. The zero-order valence-electron chi connectivity index (χ0n) is 6.73. The molecule has 0 saturated carbocycles. The van der Waals surface area contributed by atoms with E-state index in [1.165, 1.54) is 15.4 Å². The maximum atomic E-state index is 5.69. The van der Waals surface area contributed by atoms with Gasteiger partial charge in [0.1, 0.15) is 0 Å². The average Bonchev–Trinajstić information content (AvgIpc) is 1.93. The third-order valence-corrected chi connectivity index (χ3v) is 2.10. The fraction of sp³-hybridized carbons (Fsp3) is 0.250. The van der Waals surface area contributed by atoms with Crippen LogP contribution < -0.4 is 9.97 Å². The van der Waals surface area contributed by atoms with Crippen LogP contribution in [0.5, 0.6) is 0 Å². The van der Waals surface area contributed by atoms with Crippen molar-refractivity contribution in [1.29, 1.82) is 0 Å². The van der Waals surface area contributed by atoms with Crippen LogP contribution in [-0.2, 0) is 0 Å². The third-order valence-electron chi connectivity index (χ3n) is 2.10. The quantitative estimate of drug-likeness (QED) is 0.402. The number of aryl methyl sites for hydroxylation is 1. The number of nitrogens with two attached hydrogens (primary N) is 1. The van der Waals surface area contributed by atoms with E-state index in [0.29, 0.717) is 0 Å². The van der Waals surface area contributed by atoms with E-state index in [1.54, 1.807) is 0 Å². The van der Waals surface area contributed by atoms with Crippen LogP contribution in [-0.4, -0.2) is 17.7 Å². The van der Waals surface area contributed by atoms with Crippen LogP contribution in [0.2, 0.25) is 0 Å². The molecule has 10 heavy (non-hydrogen) atoms. The Bertz CT molecular complexity index is 229. The Kier molecular flexibility index (Phi) is 2.08. The van der Waals surface area contributed by atoms with Gasteiger partial charge in [0.15, 0.2) is 0 Å². The Hall–Kier alpha value is -0.383. The number of rotatable bonds is 0. The summed E-state index contributed by atoms with van der Waals surface area (Å²) in [5, 5.41) is 0. The first kappa shape index (κ1) is 7.72. The van der Waals surface area contributed by atoms with E-state index in [1.807, 2.05) is 6.07 Å². The minimum atomic E-state index is 0.892. The Morgan fingerprint density at radius 3 is 2.40 bits per heavy atom. The summed E-state index contributed by atoms with van der Waals surface area (Å²) in [5.74, 6) is 0. The van der Waals surface area contributed by atoms with Gasteiger partial charge >= 0.3 is 70.5 Å². The van der Waals surface area contributed by atoms with E-state index in [2.05, 4.69) is 37.6 Å². The van der Waals surface area contributed by atoms with Crippen LogP contribution >= 0.6 is 0 Å². The summed E-state index contributed by atoms with van der Waals surface area (Å²) in [5.41, 5.74) is 9.20. The van der Waals surface area contributed by atoms with Gasteiger partial charge < -0.3 is 0 Å². The zero-order valence-corrected chi connectivity index (χ0v) is 6.73. The van der Waals surface area contributed by atoms with E-state index >= 15 is 0 Å². The second-order valence-electron chi connectivity index (χ2n) is 2.72. The minimum absolute atomic E-state index is 0.892. The van der Waals surface area contributed by atoms with Gasteiger partial charge in [-0.05, 0) is 0 Å². The van der Waals surface area contributed by atoms with Crippen molar-refractivity contribution in [3.63, 3.8) is 0 Å². The Morgan fingerprint density at radius 1 is 1.30 bits per heavy atom. The Balaban J connectivity index is 3.34. The molecule has 0 unspecified atom stereocenters. The summed E-state index contributed by atoms with van der Waals surface area (Å²) in [4.78, 5) is 0. The van der Waals surface area contributed by atoms with Crippen molar-refractivity contribution in [1.82, 2.24) is 0 Å². The van der Waals surface area contributed by atoms with Crippen LogP contribution in [0.3, 0.4) is 0 Å². The first-order valence-corrected chi connectivity index (χ1v) is 3.45. The van der Waals surface area contributed by atoms with Crippen molar-refractivity contribution >= 4 is 27.6 Å². The molecule has 0 bridgehead atoms. The van der Waals surface area contributed by atoms with E-state index in [0.717, 1.165) is 5.69 Å². The van der Waals surface area contributed by atoms with Gasteiger partial charge in [0.05, 0.1) is 0 Å². The molecular weight excluding hydrogens is 117 g/mol. The molecule has 0 spiro atoms. The van der Waals surface area contributed by atoms with Gasteiger partial charge in [-0.1, -0.05) is 0 Å². The summed E-state index contributed by atoms with van der Waals surface area (Å²) < 4.78 is 1.21.